The summed E-state index contributed by atoms with van der Waals surface area (Å²) >= 11 is 4.78. The van der Waals surface area contributed by atoms with Crippen LogP contribution in [0, 0.1) is 6.92 Å². The maximum absolute atomic E-state index is 11.2. The predicted molar refractivity (Wildman–Crippen MR) is 85.3 cm³/mol. The van der Waals surface area contributed by atoms with Gasteiger partial charge in [-0.2, -0.15) is 5.10 Å². The number of rotatable bonds is 6. The number of nitrogens with zero attached hydrogens (tertiary/aromatic N) is 2. The zero-order chi connectivity index (χ0) is 15.6. The molecule has 114 valence electrons. The van der Waals surface area contributed by atoms with Gasteiger partial charge in [0, 0.05) is 11.4 Å². The first kappa shape index (κ1) is 16.0. The van der Waals surface area contributed by atoms with Crippen LogP contribution in [0.15, 0.2) is 10.5 Å². The Hall–Kier alpha value is -1.34. The number of thiophene rings is 1. The molecule has 0 saturated carbocycles. The Morgan fingerprint density at radius 1 is 1.52 bits per heavy atom. The number of aromatic nitrogens is 2. The SMILES string of the molecule is CCc1nn(CC)c(COc2cc(C)sc2C(=O)O)c1Br. The number of hydrogen-bond donors (Lipinski definition) is 1. The molecule has 2 heterocycles. The van der Waals surface area contributed by atoms with Crippen LogP contribution in [0.4, 0.5) is 0 Å². The third-order valence-corrected chi connectivity index (χ3v) is 5.01. The maximum Gasteiger partial charge on any atom is 0.349 e. The van der Waals surface area contributed by atoms with Crippen molar-refractivity contribution in [3.63, 3.8) is 0 Å². The van der Waals surface area contributed by atoms with Crippen LogP contribution in [0.3, 0.4) is 0 Å². The average molecular weight is 373 g/mol. The number of ether oxygens (including phenoxy) is 1. The molecule has 0 saturated heterocycles. The highest BCUT2D eigenvalue weighted by atomic mass is 79.9. The molecule has 1 N–H and O–H groups in total. The van der Waals surface area contributed by atoms with Crippen molar-refractivity contribution in [2.24, 2.45) is 0 Å². The molecule has 21 heavy (non-hydrogen) atoms. The van der Waals surface area contributed by atoms with Gasteiger partial charge in [-0.3, -0.25) is 4.68 Å². The van der Waals surface area contributed by atoms with Gasteiger partial charge >= 0.3 is 5.97 Å². The van der Waals surface area contributed by atoms with Gasteiger partial charge in [-0.1, -0.05) is 6.92 Å². The highest BCUT2D eigenvalue weighted by Gasteiger charge is 2.18. The van der Waals surface area contributed by atoms with Crippen molar-refractivity contribution in [1.29, 1.82) is 0 Å². The van der Waals surface area contributed by atoms with Gasteiger partial charge in [-0.05, 0) is 42.3 Å². The second-order valence-corrected chi connectivity index (χ2v) is 6.57. The lowest BCUT2D eigenvalue weighted by Gasteiger charge is -2.08. The van der Waals surface area contributed by atoms with Crippen molar-refractivity contribution < 1.29 is 14.6 Å². The first-order valence-electron chi connectivity index (χ1n) is 6.68. The summed E-state index contributed by atoms with van der Waals surface area (Å²) in [6, 6.07) is 1.76. The molecule has 0 aliphatic rings. The molecule has 0 radical (unpaired) electrons. The molecular formula is C14H17BrN2O3S. The van der Waals surface area contributed by atoms with E-state index in [4.69, 9.17) is 4.74 Å². The standard InChI is InChI=1S/C14H17BrN2O3S/c1-4-9-12(15)10(17(5-2)16-9)7-20-11-6-8(3)21-13(11)14(18)19/h6H,4-5,7H2,1-3H3,(H,18,19). The molecule has 5 nitrogen and oxygen atoms in total. The minimum absolute atomic E-state index is 0.238. The van der Waals surface area contributed by atoms with E-state index in [0.717, 1.165) is 33.7 Å². The topological polar surface area (TPSA) is 64.4 Å². The maximum atomic E-state index is 11.2. The fraction of sp³-hybridized carbons (Fsp3) is 0.429. The summed E-state index contributed by atoms with van der Waals surface area (Å²) in [6.45, 7) is 6.96. The number of carboxylic acids is 1. The highest BCUT2D eigenvalue weighted by Crippen LogP contribution is 2.30. The van der Waals surface area contributed by atoms with Crippen molar-refractivity contribution in [1.82, 2.24) is 9.78 Å². The van der Waals surface area contributed by atoms with Crippen LogP contribution in [0.25, 0.3) is 0 Å². The molecule has 2 aromatic rings. The van der Waals surface area contributed by atoms with E-state index in [2.05, 4.69) is 21.0 Å². The molecule has 2 aromatic heterocycles. The molecule has 0 aliphatic carbocycles. The Bertz CT molecular complexity index is 663. The summed E-state index contributed by atoms with van der Waals surface area (Å²) in [4.78, 5) is 12.3. The predicted octanol–water partition coefficient (Wildman–Crippen LogP) is 3.88. The lowest BCUT2D eigenvalue weighted by molar-refractivity contribution is 0.0697. The molecule has 7 heteroatoms. The minimum atomic E-state index is -0.958. The number of halogens is 1. The lowest BCUT2D eigenvalue weighted by Crippen LogP contribution is -2.07. The number of carboxylic acid groups (broad SMARTS) is 1. The van der Waals surface area contributed by atoms with E-state index >= 15 is 0 Å². The van der Waals surface area contributed by atoms with Crippen molar-refractivity contribution in [3.8, 4) is 5.75 Å². The van der Waals surface area contributed by atoms with E-state index in [0.29, 0.717) is 5.75 Å². The Morgan fingerprint density at radius 3 is 2.81 bits per heavy atom. The largest absolute Gasteiger partial charge is 0.485 e. The summed E-state index contributed by atoms with van der Waals surface area (Å²) in [7, 11) is 0. The van der Waals surface area contributed by atoms with Crippen molar-refractivity contribution >= 4 is 33.2 Å². The molecule has 0 unspecified atom stereocenters. The van der Waals surface area contributed by atoms with Crippen molar-refractivity contribution in [2.75, 3.05) is 0 Å². The molecule has 0 bridgehead atoms. The van der Waals surface area contributed by atoms with Crippen LogP contribution in [0.1, 0.15) is 39.8 Å². The van der Waals surface area contributed by atoms with Crippen LogP contribution in [0.5, 0.6) is 5.75 Å². The quantitative estimate of drug-likeness (QED) is 0.835. The highest BCUT2D eigenvalue weighted by molar-refractivity contribution is 9.10. The monoisotopic (exact) mass is 372 g/mol. The molecule has 0 fully saturated rings. The van der Waals surface area contributed by atoms with Crippen LogP contribution >= 0.6 is 27.3 Å². The first-order chi connectivity index (χ1) is 9.97. The summed E-state index contributed by atoms with van der Waals surface area (Å²) in [5.41, 5.74) is 1.91. The molecule has 0 aliphatic heterocycles. The first-order valence-corrected chi connectivity index (χ1v) is 8.29. The van der Waals surface area contributed by atoms with Crippen LogP contribution < -0.4 is 4.74 Å². The average Bonchev–Trinajstić information content (AvgIpc) is 2.97. The third-order valence-electron chi connectivity index (χ3n) is 3.07. The van der Waals surface area contributed by atoms with E-state index in [1.54, 1.807) is 6.07 Å². The normalized spacial score (nSPS) is 10.9. The van der Waals surface area contributed by atoms with Crippen LogP contribution in [-0.2, 0) is 19.6 Å². The fourth-order valence-electron chi connectivity index (χ4n) is 2.05. The van der Waals surface area contributed by atoms with E-state index in [9.17, 15) is 9.90 Å². The van der Waals surface area contributed by atoms with Gasteiger partial charge in [0.25, 0.3) is 0 Å². The van der Waals surface area contributed by atoms with E-state index in [1.807, 2.05) is 25.5 Å². The van der Waals surface area contributed by atoms with E-state index < -0.39 is 5.97 Å². The van der Waals surface area contributed by atoms with Gasteiger partial charge in [0.15, 0.2) is 4.88 Å². The van der Waals surface area contributed by atoms with Gasteiger partial charge in [0.1, 0.15) is 12.4 Å². The Balaban J connectivity index is 2.24. The summed E-state index contributed by atoms with van der Waals surface area (Å²) in [5.74, 6) is -0.542. The minimum Gasteiger partial charge on any atom is -0.485 e. The lowest BCUT2D eigenvalue weighted by atomic mass is 10.3. The molecule has 2 rings (SSSR count). The third kappa shape index (κ3) is 3.29. The smallest absolute Gasteiger partial charge is 0.349 e. The zero-order valence-corrected chi connectivity index (χ0v) is 14.5. The van der Waals surface area contributed by atoms with Gasteiger partial charge in [0.2, 0.25) is 0 Å². The summed E-state index contributed by atoms with van der Waals surface area (Å²) in [6.07, 6.45) is 0.832. The zero-order valence-electron chi connectivity index (χ0n) is 12.1. The van der Waals surface area contributed by atoms with E-state index in [1.165, 1.54) is 11.3 Å². The fourth-order valence-corrected chi connectivity index (χ4v) is 3.52. The Labute approximate surface area is 135 Å². The van der Waals surface area contributed by atoms with Crippen LogP contribution in [-0.4, -0.2) is 20.9 Å². The second kappa shape index (κ2) is 6.62. The Kier molecular flexibility index (Phi) is 5.05. The van der Waals surface area contributed by atoms with E-state index in [-0.39, 0.29) is 11.5 Å². The molecule has 0 amide bonds. The van der Waals surface area contributed by atoms with Gasteiger partial charge in [-0.15, -0.1) is 11.3 Å². The van der Waals surface area contributed by atoms with Crippen molar-refractivity contribution in [3.05, 3.63) is 31.7 Å². The molecule has 0 aromatic carbocycles. The van der Waals surface area contributed by atoms with Gasteiger partial charge in [0.05, 0.1) is 15.9 Å². The number of hydrogen-bond acceptors (Lipinski definition) is 4. The van der Waals surface area contributed by atoms with Gasteiger partial charge < -0.3 is 9.84 Å². The number of aromatic carboxylic acids is 1. The molecule has 0 spiro atoms. The molecule has 0 atom stereocenters. The number of aryl methyl sites for hydroxylation is 3. The summed E-state index contributed by atoms with van der Waals surface area (Å²) < 4.78 is 8.54. The van der Waals surface area contributed by atoms with Crippen molar-refractivity contribution in [2.45, 2.75) is 40.3 Å². The Morgan fingerprint density at radius 2 is 2.24 bits per heavy atom. The molecular weight excluding hydrogens is 356 g/mol. The second-order valence-electron chi connectivity index (χ2n) is 4.52. The van der Waals surface area contributed by atoms with Gasteiger partial charge in [-0.25, -0.2) is 4.79 Å². The summed E-state index contributed by atoms with van der Waals surface area (Å²) in [5, 5.41) is 13.7. The number of carbonyl (C=O) groups is 1. The van der Waals surface area contributed by atoms with Crippen LogP contribution in [0.2, 0.25) is 0 Å².